The van der Waals surface area contributed by atoms with Crippen LogP contribution in [0.15, 0.2) is 30.3 Å². The van der Waals surface area contributed by atoms with E-state index in [1.807, 2.05) is 37.3 Å². The molecule has 0 N–H and O–H groups in total. The van der Waals surface area contributed by atoms with E-state index in [0.29, 0.717) is 0 Å². The molecule has 2 unspecified atom stereocenters. The molecule has 0 saturated carbocycles. The van der Waals surface area contributed by atoms with Crippen LogP contribution in [0, 0.1) is 11.8 Å². The Labute approximate surface area is 126 Å². The second-order valence-electron chi connectivity index (χ2n) is 5.77. The van der Waals surface area contributed by atoms with Crippen molar-refractivity contribution in [2.75, 3.05) is 6.61 Å². The lowest BCUT2D eigenvalue weighted by atomic mass is 9.90. The van der Waals surface area contributed by atoms with Gasteiger partial charge in [-0.05, 0) is 11.5 Å². The first kappa shape index (κ1) is 15.5. The van der Waals surface area contributed by atoms with Crippen LogP contribution in [0.5, 0.6) is 0 Å². The summed E-state index contributed by atoms with van der Waals surface area (Å²) in [5, 5.41) is 0. The number of carbonyl (C=O) groups is 2. The molecular formula is C17H23NO3. The standard InChI is InChI=1S/C17H23NO3/c1-4-8-12(2)13(3)16(19)18-15(11-21-17(18)20)14-9-6-5-7-10-14/h5-7,9-10,12-13,15H,4,8,11H2,1-3H3/t12?,13?,15-/m0/s1. The SMILES string of the molecule is CCCC(C)C(C)C(=O)N1C(=O)OC[C@H]1c1ccccc1. The number of cyclic esters (lactones) is 1. The molecule has 1 saturated heterocycles. The van der Waals surface area contributed by atoms with E-state index >= 15 is 0 Å². The van der Waals surface area contributed by atoms with Crippen LogP contribution in [0.4, 0.5) is 4.79 Å². The molecular weight excluding hydrogens is 266 g/mol. The van der Waals surface area contributed by atoms with Crippen LogP contribution in [0.2, 0.25) is 0 Å². The molecule has 3 atom stereocenters. The highest BCUT2D eigenvalue weighted by atomic mass is 16.6. The minimum atomic E-state index is -0.524. The van der Waals surface area contributed by atoms with Crippen molar-refractivity contribution in [2.24, 2.45) is 11.8 Å². The molecule has 1 aliphatic rings. The number of rotatable bonds is 5. The molecule has 2 amide bonds. The number of nitrogens with zero attached hydrogens (tertiary/aromatic N) is 1. The Morgan fingerprint density at radius 3 is 2.62 bits per heavy atom. The molecule has 0 aromatic heterocycles. The van der Waals surface area contributed by atoms with Gasteiger partial charge in [0.2, 0.25) is 5.91 Å². The van der Waals surface area contributed by atoms with E-state index in [4.69, 9.17) is 4.74 Å². The van der Waals surface area contributed by atoms with E-state index in [0.717, 1.165) is 18.4 Å². The number of carbonyl (C=O) groups excluding carboxylic acids is 2. The summed E-state index contributed by atoms with van der Waals surface area (Å²) in [5.41, 5.74) is 0.937. The van der Waals surface area contributed by atoms with E-state index in [1.165, 1.54) is 4.90 Å². The third-order valence-corrected chi connectivity index (χ3v) is 4.28. The predicted octanol–water partition coefficient (Wildman–Crippen LogP) is 3.78. The summed E-state index contributed by atoms with van der Waals surface area (Å²) in [6.07, 6.45) is 1.49. The van der Waals surface area contributed by atoms with Gasteiger partial charge in [0.15, 0.2) is 0 Å². The molecule has 4 heteroatoms. The van der Waals surface area contributed by atoms with Crippen LogP contribution in [0.25, 0.3) is 0 Å². The first-order valence-electron chi connectivity index (χ1n) is 7.61. The first-order chi connectivity index (χ1) is 10.1. The molecule has 114 valence electrons. The summed E-state index contributed by atoms with van der Waals surface area (Å²) in [6, 6.07) is 9.27. The molecule has 0 radical (unpaired) electrons. The van der Waals surface area contributed by atoms with Gasteiger partial charge in [0.25, 0.3) is 0 Å². The molecule has 0 spiro atoms. The zero-order valence-electron chi connectivity index (χ0n) is 12.9. The van der Waals surface area contributed by atoms with Crippen molar-refractivity contribution in [1.29, 1.82) is 0 Å². The number of hydrogen-bond acceptors (Lipinski definition) is 3. The van der Waals surface area contributed by atoms with Crippen molar-refractivity contribution in [3.05, 3.63) is 35.9 Å². The smallest absolute Gasteiger partial charge is 0.417 e. The largest absolute Gasteiger partial charge is 0.446 e. The Balaban J connectivity index is 2.19. The van der Waals surface area contributed by atoms with Gasteiger partial charge < -0.3 is 4.74 Å². The van der Waals surface area contributed by atoms with Gasteiger partial charge in [-0.1, -0.05) is 63.9 Å². The van der Waals surface area contributed by atoms with E-state index < -0.39 is 6.09 Å². The third kappa shape index (κ3) is 3.26. The Bertz CT molecular complexity index is 500. The average molecular weight is 289 g/mol. The zero-order valence-corrected chi connectivity index (χ0v) is 12.9. The maximum atomic E-state index is 12.7. The molecule has 0 bridgehead atoms. The summed E-state index contributed by atoms with van der Waals surface area (Å²) >= 11 is 0. The lowest BCUT2D eigenvalue weighted by Crippen LogP contribution is -2.39. The second kappa shape index (κ2) is 6.74. The van der Waals surface area contributed by atoms with Crippen LogP contribution >= 0.6 is 0 Å². The quantitative estimate of drug-likeness (QED) is 0.828. The number of imide groups is 1. The van der Waals surface area contributed by atoms with Gasteiger partial charge in [0.1, 0.15) is 12.6 Å². The minimum Gasteiger partial charge on any atom is -0.446 e. The van der Waals surface area contributed by atoms with Gasteiger partial charge in [-0.3, -0.25) is 4.79 Å². The zero-order chi connectivity index (χ0) is 15.4. The molecule has 1 aromatic rings. The van der Waals surface area contributed by atoms with Crippen molar-refractivity contribution in [3.63, 3.8) is 0 Å². The van der Waals surface area contributed by atoms with Crippen molar-refractivity contribution < 1.29 is 14.3 Å². The van der Waals surface area contributed by atoms with Gasteiger partial charge in [0, 0.05) is 5.92 Å². The molecule has 2 rings (SSSR count). The van der Waals surface area contributed by atoms with Gasteiger partial charge >= 0.3 is 6.09 Å². The van der Waals surface area contributed by atoms with Gasteiger partial charge in [-0.25, -0.2) is 9.69 Å². The molecule has 1 aromatic carbocycles. The fraction of sp³-hybridized carbons (Fsp3) is 0.529. The highest BCUT2D eigenvalue weighted by Crippen LogP contribution is 2.31. The molecule has 0 aliphatic carbocycles. The lowest BCUT2D eigenvalue weighted by Gasteiger charge is -2.26. The summed E-state index contributed by atoms with van der Waals surface area (Å²) in [7, 11) is 0. The van der Waals surface area contributed by atoms with Crippen LogP contribution in [0.3, 0.4) is 0 Å². The summed E-state index contributed by atoms with van der Waals surface area (Å²) < 4.78 is 5.11. The van der Waals surface area contributed by atoms with Crippen LogP contribution in [0.1, 0.15) is 45.2 Å². The Hall–Kier alpha value is -1.84. The Morgan fingerprint density at radius 2 is 2.00 bits per heavy atom. The van der Waals surface area contributed by atoms with Crippen molar-refractivity contribution in [3.8, 4) is 0 Å². The van der Waals surface area contributed by atoms with Crippen LogP contribution in [-0.2, 0) is 9.53 Å². The average Bonchev–Trinajstić information content (AvgIpc) is 2.88. The normalized spacial score (nSPS) is 21.0. The lowest BCUT2D eigenvalue weighted by molar-refractivity contribution is -0.134. The number of hydrogen-bond donors (Lipinski definition) is 0. The highest BCUT2D eigenvalue weighted by Gasteiger charge is 2.41. The maximum Gasteiger partial charge on any atom is 0.417 e. The van der Waals surface area contributed by atoms with Gasteiger partial charge in [-0.2, -0.15) is 0 Å². The number of amides is 2. The minimum absolute atomic E-state index is 0.132. The van der Waals surface area contributed by atoms with Gasteiger partial charge in [-0.15, -0.1) is 0 Å². The van der Waals surface area contributed by atoms with Gasteiger partial charge in [0.05, 0.1) is 0 Å². The number of benzene rings is 1. The molecule has 4 nitrogen and oxygen atoms in total. The van der Waals surface area contributed by atoms with E-state index in [1.54, 1.807) is 0 Å². The van der Waals surface area contributed by atoms with Crippen LogP contribution in [-0.4, -0.2) is 23.5 Å². The molecule has 21 heavy (non-hydrogen) atoms. The maximum absolute atomic E-state index is 12.7. The summed E-state index contributed by atoms with van der Waals surface area (Å²) in [5.74, 6) is -0.0542. The topological polar surface area (TPSA) is 46.6 Å². The molecule has 1 heterocycles. The Morgan fingerprint density at radius 1 is 1.33 bits per heavy atom. The van der Waals surface area contributed by atoms with E-state index in [9.17, 15) is 9.59 Å². The first-order valence-corrected chi connectivity index (χ1v) is 7.61. The molecule has 1 fully saturated rings. The monoisotopic (exact) mass is 289 g/mol. The fourth-order valence-corrected chi connectivity index (χ4v) is 2.75. The summed E-state index contributed by atoms with van der Waals surface area (Å²) in [6.45, 7) is 6.30. The summed E-state index contributed by atoms with van der Waals surface area (Å²) in [4.78, 5) is 25.9. The number of ether oxygens (including phenoxy) is 1. The van der Waals surface area contributed by atoms with Crippen molar-refractivity contribution >= 4 is 12.0 Å². The fourth-order valence-electron chi connectivity index (χ4n) is 2.75. The van der Waals surface area contributed by atoms with E-state index in [-0.39, 0.29) is 30.4 Å². The third-order valence-electron chi connectivity index (χ3n) is 4.28. The second-order valence-corrected chi connectivity index (χ2v) is 5.77. The molecule has 1 aliphatic heterocycles. The van der Waals surface area contributed by atoms with Crippen LogP contribution < -0.4 is 0 Å². The predicted molar refractivity (Wildman–Crippen MR) is 80.6 cm³/mol. The Kier molecular flexibility index (Phi) is 4.99. The van der Waals surface area contributed by atoms with Crippen molar-refractivity contribution in [2.45, 2.75) is 39.7 Å². The van der Waals surface area contributed by atoms with E-state index in [2.05, 4.69) is 13.8 Å². The highest BCUT2D eigenvalue weighted by molar-refractivity contribution is 5.94. The van der Waals surface area contributed by atoms with Crippen molar-refractivity contribution in [1.82, 2.24) is 4.90 Å².